The molecule has 1 amide bonds. The molecule has 1 fully saturated rings. The molecule has 5 rings (SSSR count). The molecular weight excluding hydrogens is 409 g/mol. The number of benzene rings is 1. The maximum atomic E-state index is 13.4. The molecule has 0 aliphatic heterocycles. The second-order valence-corrected chi connectivity index (χ2v) is 9.69. The molecule has 6 heteroatoms. The number of amides is 1. The van der Waals surface area contributed by atoms with Crippen LogP contribution in [0, 0.1) is 11.2 Å². The first-order chi connectivity index (χ1) is 15.0. The van der Waals surface area contributed by atoms with Crippen molar-refractivity contribution >= 4 is 23.3 Å². The Bertz CT molecular complexity index is 1130. The summed E-state index contributed by atoms with van der Waals surface area (Å²) in [4.78, 5) is 16.3. The van der Waals surface area contributed by atoms with Gasteiger partial charge in [-0.05, 0) is 73.0 Å². The maximum Gasteiger partial charge on any atom is 0.264 e. The van der Waals surface area contributed by atoms with E-state index < -0.39 is 0 Å². The Morgan fingerprint density at radius 3 is 2.84 bits per heavy atom. The largest absolute Gasteiger partial charge is 0.334 e. The number of rotatable bonds is 5. The minimum atomic E-state index is -0.249. The van der Waals surface area contributed by atoms with Gasteiger partial charge >= 0.3 is 0 Å². The molecule has 31 heavy (non-hydrogen) atoms. The summed E-state index contributed by atoms with van der Waals surface area (Å²) in [6.07, 6.45) is 7.95. The maximum absolute atomic E-state index is 13.4. The van der Waals surface area contributed by atoms with Crippen molar-refractivity contribution in [3.63, 3.8) is 0 Å². The lowest BCUT2D eigenvalue weighted by atomic mass is 9.72. The molecule has 2 aromatic heterocycles. The van der Waals surface area contributed by atoms with Gasteiger partial charge in [0.2, 0.25) is 0 Å². The number of halogens is 1. The molecule has 4 nitrogen and oxygen atoms in total. The second-order valence-electron chi connectivity index (χ2n) is 8.74. The Morgan fingerprint density at radius 1 is 1.32 bits per heavy atom. The third-order valence-corrected chi connectivity index (χ3v) is 7.67. The highest BCUT2D eigenvalue weighted by Crippen LogP contribution is 2.51. The van der Waals surface area contributed by atoms with Crippen molar-refractivity contribution < 1.29 is 9.18 Å². The van der Waals surface area contributed by atoms with E-state index in [1.165, 1.54) is 34.6 Å². The van der Waals surface area contributed by atoms with Crippen molar-refractivity contribution in [1.82, 2.24) is 14.7 Å². The number of carbonyl (C=O) groups excluding carboxylic acids is 1. The van der Waals surface area contributed by atoms with Crippen molar-refractivity contribution in [2.75, 3.05) is 6.54 Å². The van der Waals surface area contributed by atoms with Crippen LogP contribution in [0.3, 0.4) is 0 Å². The van der Waals surface area contributed by atoms with Crippen LogP contribution in [0.1, 0.15) is 54.0 Å². The second kappa shape index (κ2) is 7.75. The fourth-order valence-corrected chi connectivity index (χ4v) is 5.97. The summed E-state index contributed by atoms with van der Waals surface area (Å²) in [6.45, 7) is 5.21. The summed E-state index contributed by atoms with van der Waals surface area (Å²) in [5.74, 6) is -0.0992. The van der Waals surface area contributed by atoms with Crippen molar-refractivity contribution in [2.24, 2.45) is 5.41 Å². The fourth-order valence-electron chi connectivity index (χ4n) is 5.29. The van der Waals surface area contributed by atoms with Gasteiger partial charge in [-0.25, -0.2) is 9.07 Å². The number of nitrogens with zero attached hydrogens (tertiary/aromatic N) is 3. The van der Waals surface area contributed by atoms with Gasteiger partial charge < -0.3 is 4.90 Å². The van der Waals surface area contributed by atoms with E-state index in [-0.39, 0.29) is 23.2 Å². The van der Waals surface area contributed by atoms with Crippen LogP contribution < -0.4 is 0 Å². The van der Waals surface area contributed by atoms with E-state index in [1.54, 1.807) is 12.1 Å². The van der Waals surface area contributed by atoms with Gasteiger partial charge in [-0.1, -0.05) is 25.5 Å². The van der Waals surface area contributed by atoms with Crippen LogP contribution >= 0.6 is 11.3 Å². The highest BCUT2D eigenvalue weighted by atomic mass is 32.1. The van der Waals surface area contributed by atoms with Crippen molar-refractivity contribution in [2.45, 2.75) is 45.6 Å². The Morgan fingerprint density at radius 2 is 2.13 bits per heavy atom. The molecule has 0 bridgehead atoms. The molecule has 2 heterocycles. The van der Waals surface area contributed by atoms with E-state index in [0.717, 1.165) is 48.5 Å². The molecule has 0 spiro atoms. The summed E-state index contributed by atoms with van der Waals surface area (Å²) in [7, 11) is 0. The molecule has 1 aromatic carbocycles. The Kier molecular flexibility index (Phi) is 5.05. The van der Waals surface area contributed by atoms with Gasteiger partial charge in [0.05, 0.1) is 22.5 Å². The van der Waals surface area contributed by atoms with Crippen LogP contribution in [0.4, 0.5) is 4.39 Å². The van der Waals surface area contributed by atoms with Crippen LogP contribution in [0.15, 0.2) is 53.5 Å². The molecular formula is C25H26FN3OS. The lowest BCUT2D eigenvalue weighted by molar-refractivity contribution is 0.0565. The van der Waals surface area contributed by atoms with Gasteiger partial charge in [0, 0.05) is 18.0 Å². The van der Waals surface area contributed by atoms with E-state index in [4.69, 9.17) is 0 Å². The van der Waals surface area contributed by atoms with Gasteiger partial charge in [0.15, 0.2) is 0 Å². The number of fused-ring (bicyclic) bond motifs is 2. The van der Waals surface area contributed by atoms with Gasteiger partial charge in [0.1, 0.15) is 5.82 Å². The van der Waals surface area contributed by atoms with Crippen LogP contribution in [0.25, 0.3) is 11.8 Å². The molecule has 2 aliphatic carbocycles. The lowest BCUT2D eigenvalue weighted by Gasteiger charge is -2.42. The number of carbonyl (C=O) groups is 1. The summed E-state index contributed by atoms with van der Waals surface area (Å²) in [6, 6.07) is 10.5. The molecule has 160 valence electrons. The molecule has 1 saturated carbocycles. The van der Waals surface area contributed by atoms with Crippen molar-refractivity contribution in [1.29, 1.82) is 0 Å². The smallest absolute Gasteiger partial charge is 0.264 e. The van der Waals surface area contributed by atoms with Crippen LogP contribution in [0.5, 0.6) is 0 Å². The zero-order chi connectivity index (χ0) is 21.6. The van der Waals surface area contributed by atoms with E-state index in [0.29, 0.717) is 0 Å². The monoisotopic (exact) mass is 435 g/mol. The molecule has 2 aliphatic rings. The third-order valence-electron chi connectivity index (χ3n) is 6.82. The molecule has 2 atom stereocenters. The predicted octanol–water partition coefficient (Wildman–Crippen LogP) is 5.73. The SMILES string of the molecule is CCCN(C(=O)c1cccs1)[C@H]1CCC2=Cc3c(cnn3-c3ccc(F)cc3)C[C@@]21C. The van der Waals surface area contributed by atoms with Gasteiger partial charge in [-0.15, -0.1) is 11.3 Å². The number of aromatic nitrogens is 2. The first-order valence-electron chi connectivity index (χ1n) is 10.9. The van der Waals surface area contributed by atoms with Crippen LogP contribution in [-0.2, 0) is 6.42 Å². The zero-order valence-corrected chi connectivity index (χ0v) is 18.7. The van der Waals surface area contributed by atoms with Gasteiger partial charge in [-0.3, -0.25) is 4.79 Å². The van der Waals surface area contributed by atoms with Crippen molar-refractivity contribution in [3.8, 4) is 5.69 Å². The number of hydrogen-bond acceptors (Lipinski definition) is 3. The number of hydrogen-bond donors (Lipinski definition) is 0. The summed E-state index contributed by atoms with van der Waals surface area (Å²) in [5.41, 5.74) is 4.41. The van der Waals surface area contributed by atoms with Gasteiger partial charge in [0.25, 0.3) is 5.91 Å². The Balaban J connectivity index is 1.49. The van der Waals surface area contributed by atoms with Crippen LogP contribution in [-0.4, -0.2) is 33.2 Å². The predicted molar refractivity (Wildman–Crippen MR) is 122 cm³/mol. The van der Waals surface area contributed by atoms with E-state index in [2.05, 4.69) is 29.9 Å². The lowest BCUT2D eigenvalue weighted by Crippen LogP contribution is -2.48. The zero-order valence-electron chi connectivity index (χ0n) is 17.8. The summed E-state index contributed by atoms with van der Waals surface area (Å²) in [5, 5.41) is 6.58. The first-order valence-corrected chi connectivity index (χ1v) is 11.8. The van der Waals surface area contributed by atoms with Crippen molar-refractivity contribution in [3.05, 3.63) is 75.5 Å². The average Bonchev–Trinajstić information content (AvgIpc) is 3.49. The summed E-state index contributed by atoms with van der Waals surface area (Å²) >= 11 is 1.52. The number of thiophene rings is 1. The topological polar surface area (TPSA) is 38.1 Å². The third kappa shape index (κ3) is 3.33. The van der Waals surface area contributed by atoms with Gasteiger partial charge in [-0.2, -0.15) is 5.10 Å². The Labute approximate surface area is 186 Å². The highest BCUT2D eigenvalue weighted by molar-refractivity contribution is 7.12. The molecule has 0 radical (unpaired) electrons. The molecule has 0 saturated heterocycles. The van der Waals surface area contributed by atoms with E-state index >= 15 is 0 Å². The fraction of sp³-hybridized carbons (Fsp3) is 0.360. The highest BCUT2D eigenvalue weighted by Gasteiger charge is 2.49. The quantitative estimate of drug-likeness (QED) is 0.513. The van der Waals surface area contributed by atoms with Crippen LogP contribution in [0.2, 0.25) is 0 Å². The minimum Gasteiger partial charge on any atom is -0.334 e. The molecule has 0 N–H and O–H groups in total. The van der Waals surface area contributed by atoms with E-state index in [9.17, 15) is 9.18 Å². The summed E-state index contributed by atoms with van der Waals surface area (Å²) < 4.78 is 15.3. The first kappa shape index (κ1) is 20.2. The molecule has 0 unspecified atom stereocenters. The standard InChI is InChI=1S/C25H26FN3OS/c1-3-12-28(24(30)22-5-4-13-31-22)23-11-6-18-14-21-17(15-25(18,23)2)16-27-29(21)20-9-7-19(26)8-10-20/h4-5,7-10,13-14,16,23H,3,6,11-12,15H2,1-2H3/t23-,25-/m0/s1. The normalized spacial score (nSPS) is 22.0. The average molecular weight is 436 g/mol. The minimum absolute atomic E-state index is 0.0915. The van der Waals surface area contributed by atoms with E-state index in [1.807, 2.05) is 28.4 Å². The Hall–Kier alpha value is -2.73. The molecule has 3 aromatic rings.